The number of nitrogens with zero attached hydrogens (tertiary/aromatic N) is 2. The van der Waals surface area contributed by atoms with Gasteiger partial charge in [0.25, 0.3) is 6.43 Å². The summed E-state index contributed by atoms with van der Waals surface area (Å²) in [4.78, 5) is 0. The Hall–Kier alpha value is -1.13. The van der Waals surface area contributed by atoms with E-state index < -0.39 is 6.43 Å². The number of benzene rings is 1. The fourth-order valence-corrected chi connectivity index (χ4v) is 2.10. The van der Waals surface area contributed by atoms with Crippen molar-refractivity contribution in [2.45, 2.75) is 18.9 Å². The highest BCUT2D eigenvalue weighted by Crippen LogP contribution is 2.26. The molecule has 1 aromatic carbocycles. The second-order valence-electron chi connectivity index (χ2n) is 3.74. The van der Waals surface area contributed by atoms with Crippen LogP contribution in [0, 0.1) is 0 Å². The number of alkyl halides is 3. The predicted molar refractivity (Wildman–Crippen MR) is 67.3 cm³/mol. The van der Waals surface area contributed by atoms with Gasteiger partial charge in [-0.15, -0.1) is 11.6 Å². The summed E-state index contributed by atoms with van der Waals surface area (Å²) in [6, 6.07) is 7.08. The van der Waals surface area contributed by atoms with Crippen LogP contribution in [-0.4, -0.2) is 9.78 Å². The summed E-state index contributed by atoms with van der Waals surface area (Å²) in [5.74, 6) is 0.0161. The van der Waals surface area contributed by atoms with Crippen molar-refractivity contribution in [1.29, 1.82) is 0 Å². The molecule has 1 heterocycles. The smallest absolute Gasteiger partial charge is 0.259 e. The molecule has 2 nitrogen and oxygen atoms in total. The third-order valence-corrected chi connectivity index (χ3v) is 3.25. The highest BCUT2D eigenvalue weighted by molar-refractivity contribution is 6.31. The van der Waals surface area contributed by atoms with Gasteiger partial charge in [-0.25, -0.2) is 8.78 Å². The van der Waals surface area contributed by atoms with Crippen LogP contribution in [0.1, 0.15) is 23.2 Å². The zero-order chi connectivity index (χ0) is 13.1. The topological polar surface area (TPSA) is 17.8 Å². The van der Waals surface area contributed by atoms with Gasteiger partial charge in [-0.05, 0) is 11.6 Å². The van der Waals surface area contributed by atoms with E-state index in [1.54, 1.807) is 24.3 Å². The number of halogens is 4. The summed E-state index contributed by atoms with van der Waals surface area (Å²) < 4.78 is 27.2. The van der Waals surface area contributed by atoms with Gasteiger partial charge < -0.3 is 0 Å². The number of rotatable bonds is 4. The zero-order valence-electron chi connectivity index (χ0n) is 9.28. The Morgan fingerprint density at radius 2 is 1.94 bits per heavy atom. The molecule has 1 aromatic heterocycles. The molecule has 2 aromatic rings. The highest BCUT2D eigenvalue weighted by Gasteiger charge is 2.19. The Balaban J connectivity index is 2.35. The van der Waals surface area contributed by atoms with Gasteiger partial charge >= 0.3 is 0 Å². The van der Waals surface area contributed by atoms with Crippen molar-refractivity contribution in [1.82, 2.24) is 9.78 Å². The summed E-state index contributed by atoms with van der Waals surface area (Å²) >= 11 is 11.6. The van der Waals surface area contributed by atoms with Crippen LogP contribution in [0.3, 0.4) is 0 Å². The van der Waals surface area contributed by atoms with Gasteiger partial charge in [0.1, 0.15) is 5.69 Å². The van der Waals surface area contributed by atoms with Crippen LogP contribution in [0.5, 0.6) is 0 Å². The molecule has 6 heteroatoms. The van der Waals surface area contributed by atoms with Crippen molar-refractivity contribution in [3.8, 4) is 0 Å². The summed E-state index contributed by atoms with van der Waals surface area (Å²) in [6.45, 7) is 0.205. The fourth-order valence-electron chi connectivity index (χ4n) is 1.70. The van der Waals surface area contributed by atoms with E-state index in [2.05, 4.69) is 5.10 Å². The van der Waals surface area contributed by atoms with E-state index in [0.717, 1.165) is 5.56 Å². The lowest BCUT2D eigenvalue weighted by Crippen LogP contribution is -2.08. The summed E-state index contributed by atoms with van der Waals surface area (Å²) in [5.41, 5.74) is 0.939. The quantitative estimate of drug-likeness (QED) is 0.769. The Kier molecular flexibility index (Phi) is 4.19. The lowest BCUT2D eigenvalue weighted by Gasteiger charge is -2.09. The molecule has 0 aliphatic carbocycles. The van der Waals surface area contributed by atoms with Gasteiger partial charge in [-0.3, -0.25) is 4.68 Å². The minimum absolute atomic E-state index is 0.0161. The largest absolute Gasteiger partial charge is 0.280 e. The van der Waals surface area contributed by atoms with Crippen molar-refractivity contribution >= 4 is 23.2 Å². The predicted octanol–water partition coefficient (Wildman–Crippen LogP) is 4.26. The maximum Gasteiger partial charge on any atom is 0.280 e. The molecule has 0 spiro atoms. The first-order chi connectivity index (χ1) is 8.63. The van der Waals surface area contributed by atoms with Crippen LogP contribution in [0.2, 0.25) is 5.02 Å². The van der Waals surface area contributed by atoms with E-state index >= 15 is 0 Å². The minimum Gasteiger partial charge on any atom is -0.259 e. The number of aromatic nitrogens is 2. The van der Waals surface area contributed by atoms with Gasteiger partial charge in [0, 0.05) is 10.6 Å². The zero-order valence-corrected chi connectivity index (χ0v) is 10.8. The van der Waals surface area contributed by atoms with E-state index in [1.165, 1.54) is 10.9 Å². The van der Waals surface area contributed by atoms with Crippen LogP contribution in [-0.2, 0) is 12.4 Å². The molecule has 96 valence electrons. The molecule has 0 saturated carbocycles. The first kappa shape index (κ1) is 13.3. The number of hydrogen-bond acceptors (Lipinski definition) is 1. The third-order valence-electron chi connectivity index (χ3n) is 2.59. The van der Waals surface area contributed by atoms with Gasteiger partial charge in [0.2, 0.25) is 0 Å². The molecule has 0 atom stereocenters. The monoisotopic (exact) mass is 290 g/mol. The summed E-state index contributed by atoms with van der Waals surface area (Å²) in [5, 5.41) is 4.47. The average molecular weight is 291 g/mol. The van der Waals surface area contributed by atoms with Crippen molar-refractivity contribution in [2.75, 3.05) is 0 Å². The summed E-state index contributed by atoms with van der Waals surface area (Å²) in [7, 11) is 0. The number of hydrogen-bond donors (Lipinski definition) is 0. The molecule has 18 heavy (non-hydrogen) atoms. The highest BCUT2D eigenvalue weighted by atomic mass is 35.5. The Morgan fingerprint density at radius 1 is 1.22 bits per heavy atom. The van der Waals surface area contributed by atoms with E-state index in [-0.39, 0.29) is 18.1 Å². The molecule has 0 radical (unpaired) electrons. The molecular formula is C12H10Cl2F2N2. The van der Waals surface area contributed by atoms with Crippen LogP contribution in [0.4, 0.5) is 8.78 Å². The average Bonchev–Trinajstić information content (AvgIpc) is 2.75. The molecule has 0 bridgehead atoms. The first-order valence-corrected chi connectivity index (χ1v) is 6.17. The van der Waals surface area contributed by atoms with Crippen molar-refractivity contribution in [3.05, 3.63) is 52.3 Å². The molecule has 2 rings (SSSR count). The molecule has 0 saturated heterocycles. The SMILES string of the molecule is FC(F)c1c(CCl)cnn1Cc1ccccc1Cl. The Morgan fingerprint density at radius 3 is 2.56 bits per heavy atom. The van der Waals surface area contributed by atoms with E-state index in [1.807, 2.05) is 0 Å². The second-order valence-corrected chi connectivity index (χ2v) is 4.41. The van der Waals surface area contributed by atoms with Crippen LogP contribution in [0.15, 0.2) is 30.5 Å². The van der Waals surface area contributed by atoms with Gasteiger partial charge in [0.05, 0.1) is 18.6 Å². The Bertz CT molecular complexity index is 541. The molecule has 0 aliphatic heterocycles. The van der Waals surface area contributed by atoms with Gasteiger partial charge in [0.15, 0.2) is 0 Å². The van der Waals surface area contributed by atoms with E-state index in [0.29, 0.717) is 10.6 Å². The van der Waals surface area contributed by atoms with Crippen LogP contribution in [0.25, 0.3) is 0 Å². The molecule has 0 N–H and O–H groups in total. The lowest BCUT2D eigenvalue weighted by molar-refractivity contribution is 0.139. The molecule has 0 unspecified atom stereocenters. The van der Waals surface area contributed by atoms with Gasteiger partial charge in [-0.2, -0.15) is 5.10 Å². The maximum atomic E-state index is 13.0. The van der Waals surface area contributed by atoms with Crippen molar-refractivity contribution in [2.24, 2.45) is 0 Å². The van der Waals surface area contributed by atoms with E-state index in [4.69, 9.17) is 23.2 Å². The fraction of sp³-hybridized carbons (Fsp3) is 0.250. The minimum atomic E-state index is -2.61. The molecular weight excluding hydrogens is 281 g/mol. The Labute approximate surface area is 113 Å². The lowest BCUT2D eigenvalue weighted by atomic mass is 10.2. The van der Waals surface area contributed by atoms with Crippen LogP contribution >= 0.6 is 23.2 Å². The normalized spacial score (nSPS) is 11.2. The molecule has 0 amide bonds. The standard InChI is InChI=1S/C12H10Cl2F2N2/c13-5-9-6-17-18(11(9)12(15)16)7-8-3-1-2-4-10(8)14/h1-4,6,12H,5,7H2. The molecule has 0 aliphatic rings. The van der Waals surface area contributed by atoms with Gasteiger partial charge in [-0.1, -0.05) is 29.8 Å². The van der Waals surface area contributed by atoms with Crippen molar-refractivity contribution in [3.63, 3.8) is 0 Å². The maximum absolute atomic E-state index is 13.0. The van der Waals surface area contributed by atoms with Crippen LogP contribution < -0.4 is 0 Å². The molecule has 0 fully saturated rings. The van der Waals surface area contributed by atoms with Crippen molar-refractivity contribution < 1.29 is 8.78 Å². The van der Waals surface area contributed by atoms with E-state index in [9.17, 15) is 8.78 Å². The second kappa shape index (κ2) is 5.67. The first-order valence-electron chi connectivity index (χ1n) is 5.25. The summed E-state index contributed by atoms with van der Waals surface area (Å²) in [6.07, 6.45) is -1.24. The third kappa shape index (κ3) is 2.65.